The normalized spacial score (nSPS) is 23.2. The maximum absolute atomic E-state index is 11.4. The van der Waals surface area contributed by atoms with Crippen molar-refractivity contribution in [1.29, 1.82) is 0 Å². The van der Waals surface area contributed by atoms with Crippen LogP contribution in [0.2, 0.25) is 0 Å². The van der Waals surface area contributed by atoms with E-state index in [0.717, 1.165) is 0 Å². The maximum Gasteiger partial charge on any atom is 0.409 e. The SMILES string of the molecule is COC(=O)N1CCC(OC(C)=O)C(OC(C)=O)C1. The topological polar surface area (TPSA) is 82.1 Å². The van der Waals surface area contributed by atoms with E-state index in [-0.39, 0.29) is 6.54 Å². The molecular formula is C11H17NO6. The summed E-state index contributed by atoms with van der Waals surface area (Å²) >= 11 is 0. The lowest BCUT2D eigenvalue weighted by atomic mass is 10.0. The first-order valence-electron chi connectivity index (χ1n) is 5.61. The van der Waals surface area contributed by atoms with Crippen LogP contribution in [0.1, 0.15) is 20.3 Å². The fraction of sp³-hybridized carbons (Fsp3) is 0.727. The highest BCUT2D eigenvalue weighted by Crippen LogP contribution is 2.18. The van der Waals surface area contributed by atoms with Gasteiger partial charge in [-0.1, -0.05) is 0 Å². The minimum atomic E-state index is -0.653. The predicted octanol–water partition coefficient (Wildman–Crippen LogP) is 0.322. The van der Waals surface area contributed by atoms with Gasteiger partial charge in [0.2, 0.25) is 0 Å². The summed E-state index contributed by atoms with van der Waals surface area (Å²) in [7, 11) is 1.28. The number of piperidine rings is 1. The van der Waals surface area contributed by atoms with E-state index in [9.17, 15) is 14.4 Å². The molecule has 1 amide bonds. The van der Waals surface area contributed by atoms with Crippen molar-refractivity contribution in [3.63, 3.8) is 0 Å². The second-order valence-electron chi connectivity index (χ2n) is 4.00. The van der Waals surface area contributed by atoms with E-state index in [4.69, 9.17) is 9.47 Å². The fourth-order valence-corrected chi connectivity index (χ4v) is 1.86. The van der Waals surface area contributed by atoms with Gasteiger partial charge in [-0.05, 0) is 0 Å². The number of ether oxygens (including phenoxy) is 3. The van der Waals surface area contributed by atoms with Crippen LogP contribution in [0.15, 0.2) is 0 Å². The standard InChI is InChI=1S/C11H17NO6/c1-7(13)17-9-4-5-12(11(15)16-3)6-10(9)18-8(2)14/h9-10H,4-6H2,1-3H3. The molecule has 1 aliphatic heterocycles. The summed E-state index contributed by atoms with van der Waals surface area (Å²) < 4.78 is 14.7. The van der Waals surface area contributed by atoms with E-state index in [1.165, 1.54) is 25.9 Å². The molecule has 102 valence electrons. The van der Waals surface area contributed by atoms with Gasteiger partial charge < -0.3 is 19.1 Å². The van der Waals surface area contributed by atoms with Gasteiger partial charge in [-0.15, -0.1) is 0 Å². The molecule has 0 N–H and O–H groups in total. The van der Waals surface area contributed by atoms with Crippen molar-refractivity contribution >= 4 is 18.0 Å². The lowest BCUT2D eigenvalue weighted by molar-refractivity contribution is -0.170. The predicted molar refractivity (Wildman–Crippen MR) is 59.7 cm³/mol. The Labute approximate surface area is 105 Å². The van der Waals surface area contributed by atoms with E-state index in [2.05, 4.69) is 4.74 Å². The quantitative estimate of drug-likeness (QED) is 0.524. The van der Waals surface area contributed by atoms with Gasteiger partial charge in [0.05, 0.1) is 13.7 Å². The Bertz CT molecular complexity index is 342. The Kier molecular flexibility index (Phi) is 4.94. The van der Waals surface area contributed by atoms with Gasteiger partial charge in [-0.25, -0.2) is 4.79 Å². The fourth-order valence-electron chi connectivity index (χ4n) is 1.86. The van der Waals surface area contributed by atoms with Gasteiger partial charge in [0.1, 0.15) is 6.10 Å². The Morgan fingerprint density at radius 1 is 1.06 bits per heavy atom. The summed E-state index contributed by atoms with van der Waals surface area (Å²) in [4.78, 5) is 34.7. The molecule has 1 saturated heterocycles. The van der Waals surface area contributed by atoms with Gasteiger partial charge in [0, 0.05) is 26.8 Å². The molecule has 0 bridgehead atoms. The second kappa shape index (κ2) is 6.23. The maximum atomic E-state index is 11.4. The number of nitrogens with zero attached hydrogens (tertiary/aromatic N) is 1. The first kappa shape index (κ1) is 14.3. The highest BCUT2D eigenvalue weighted by Gasteiger charge is 2.36. The molecule has 2 atom stereocenters. The summed E-state index contributed by atoms with van der Waals surface area (Å²) in [6.07, 6.45) is -1.26. The molecule has 0 aromatic carbocycles. The zero-order valence-corrected chi connectivity index (χ0v) is 10.7. The molecule has 2 unspecified atom stereocenters. The highest BCUT2D eigenvalue weighted by atomic mass is 16.6. The van der Waals surface area contributed by atoms with E-state index in [0.29, 0.717) is 13.0 Å². The average Bonchev–Trinajstić information content (AvgIpc) is 2.29. The van der Waals surface area contributed by atoms with Crippen molar-refractivity contribution in [1.82, 2.24) is 4.90 Å². The summed E-state index contributed by atoms with van der Waals surface area (Å²) in [5, 5.41) is 0. The van der Waals surface area contributed by atoms with Crippen molar-refractivity contribution in [2.24, 2.45) is 0 Å². The third kappa shape index (κ3) is 3.90. The molecule has 0 aromatic heterocycles. The highest BCUT2D eigenvalue weighted by molar-refractivity contribution is 5.69. The largest absolute Gasteiger partial charge is 0.458 e. The zero-order valence-electron chi connectivity index (χ0n) is 10.7. The molecule has 7 heteroatoms. The van der Waals surface area contributed by atoms with Crippen molar-refractivity contribution in [2.45, 2.75) is 32.5 Å². The van der Waals surface area contributed by atoms with Gasteiger partial charge in [-0.3, -0.25) is 9.59 Å². The number of methoxy groups -OCH3 is 1. The van der Waals surface area contributed by atoms with Crippen LogP contribution in [0.5, 0.6) is 0 Å². The van der Waals surface area contributed by atoms with Crippen LogP contribution < -0.4 is 0 Å². The minimum Gasteiger partial charge on any atom is -0.458 e. The van der Waals surface area contributed by atoms with Crippen LogP contribution in [-0.2, 0) is 23.8 Å². The molecule has 1 rings (SSSR count). The summed E-state index contributed by atoms with van der Waals surface area (Å²) in [5.74, 6) is -0.924. The smallest absolute Gasteiger partial charge is 0.409 e. The number of likely N-dealkylation sites (tertiary alicyclic amines) is 1. The number of hydrogen-bond acceptors (Lipinski definition) is 6. The third-order valence-electron chi connectivity index (χ3n) is 2.57. The van der Waals surface area contributed by atoms with Crippen molar-refractivity contribution in [3.8, 4) is 0 Å². The average molecular weight is 259 g/mol. The Morgan fingerprint density at radius 2 is 1.61 bits per heavy atom. The molecule has 1 heterocycles. The van der Waals surface area contributed by atoms with Crippen molar-refractivity contribution in [3.05, 3.63) is 0 Å². The molecule has 18 heavy (non-hydrogen) atoms. The zero-order chi connectivity index (χ0) is 13.7. The summed E-state index contributed by atoms with van der Waals surface area (Å²) in [5.41, 5.74) is 0. The Balaban J connectivity index is 2.68. The van der Waals surface area contributed by atoms with Crippen LogP contribution in [-0.4, -0.2) is 55.3 Å². The number of carbonyl (C=O) groups is 3. The van der Waals surface area contributed by atoms with Gasteiger partial charge in [0.25, 0.3) is 0 Å². The monoisotopic (exact) mass is 259 g/mol. The summed E-state index contributed by atoms with van der Waals surface area (Å²) in [6.45, 7) is 3.10. The lowest BCUT2D eigenvalue weighted by Crippen LogP contribution is -2.51. The number of rotatable bonds is 2. The third-order valence-corrected chi connectivity index (χ3v) is 2.57. The number of carbonyl (C=O) groups excluding carboxylic acids is 3. The molecule has 0 saturated carbocycles. The minimum absolute atomic E-state index is 0.157. The Hall–Kier alpha value is -1.79. The molecule has 1 aliphatic rings. The van der Waals surface area contributed by atoms with E-state index >= 15 is 0 Å². The van der Waals surface area contributed by atoms with Crippen LogP contribution in [0.25, 0.3) is 0 Å². The molecule has 0 spiro atoms. The van der Waals surface area contributed by atoms with E-state index in [1.807, 2.05) is 0 Å². The molecule has 7 nitrogen and oxygen atoms in total. The molecule has 0 aromatic rings. The summed E-state index contributed by atoms with van der Waals surface area (Å²) in [6, 6.07) is 0. The molecule has 0 radical (unpaired) electrons. The van der Waals surface area contributed by atoms with Crippen LogP contribution in [0.3, 0.4) is 0 Å². The second-order valence-corrected chi connectivity index (χ2v) is 4.00. The van der Waals surface area contributed by atoms with Crippen LogP contribution >= 0.6 is 0 Å². The number of amides is 1. The lowest BCUT2D eigenvalue weighted by Gasteiger charge is -2.36. The molecule has 0 aliphatic carbocycles. The molecular weight excluding hydrogens is 242 g/mol. The van der Waals surface area contributed by atoms with Crippen LogP contribution in [0, 0.1) is 0 Å². The van der Waals surface area contributed by atoms with Gasteiger partial charge in [-0.2, -0.15) is 0 Å². The van der Waals surface area contributed by atoms with Gasteiger partial charge >= 0.3 is 18.0 Å². The van der Waals surface area contributed by atoms with Crippen LogP contribution in [0.4, 0.5) is 4.79 Å². The van der Waals surface area contributed by atoms with Crippen molar-refractivity contribution in [2.75, 3.05) is 20.2 Å². The van der Waals surface area contributed by atoms with E-state index in [1.54, 1.807) is 0 Å². The van der Waals surface area contributed by atoms with E-state index < -0.39 is 30.2 Å². The van der Waals surface area contributed by atoms with Crippen molar-refractivity contribution < 1.29 is 28.6 Å². The Morgan fingerprint density at radius 3 is 2.11 bits per heavy atom. The van der Waals surface area contributed by atoms with Gasteiger partial charge in [0.15, 0.2) is 6.10 Å². The first-order valence-corrected chi connectivity index (χ1v) is 5.61. The number of hydrogen-bond donors (Lipinski definition) is 0. The first-order chi connectivity index (χ1) is 8.43. The molecule has 1 fully saturated rings. The number of esters is 2.